The van der Waals surface area contributed by atoms with Gasteiger partial charge in [0.05, 0.1) is 22.5 Å². The molecule has 2 aromatic heterocycles. The van der Waals surface area contributed by atoms with Gasteiger partial charge in [0.1, 0.15) is 0 Å². The Balaban J connectivity index is 1.73. The summed E-state index contributed by atoms with van der Waals surface area (Å²) in [6.07, 6.45) is 5.36. The van der Waals surface area contributed by atoms with Crippen molar-refractivity contribution in [1.29, 1.82) is 0 Å². The van der Waals surface area contributed by atoms with Crippen molar-refractivity contribution in [2.75, 3.05) is 10.5 Å². The highest BCUT2D eigenvalue weighted by Crippen LogP contribution is 2.26. The van der Waals surface area contributed by atoms with Gasteiger partial charge in [0.15, 0.2) is 17.4 Å². The van der Waals surface area contributed by atoms with Crippen LogP contribution in [0.3, 0.4) is 0 Å². The smallest absolute Gasteiger partial charge is 0.232 e. The van der Waals surface area contributed by atoms with Gasteiger partial charge in [-0.25, -0.2) is 17.2 Å². The van der Waals surface area contributed by atoms with Crippen LogP contribution in [-0.2, 0) is 10.0 Å². The average Bonchev–Trinajstić information content (AvgIpc) is 2.80. The van der Waals surface area contributed by atoms with E-state index in [0.717, 1.165) is 17.2 Å². The monoisotopic (exact) mass is 467 g/mol. The van der Waals surface area contributed by atoms with E-state index in [1.807, 2.05) is 12.1 Å². The normalized spacial score (nSPS) is 11.5. The lowest BCUT2D eigenvalue weighted by Gasteiger charge is -2.11. The van der Waals surface area contributed by atoms with E-state index in [4.69, 9.17) is 0 Å². The molecule has 0 amide bonds. The Hall–Kier alpha value is -3.72. The van der Waals surface area contributed by atoms with Crippen LogP contribution >= 0.6 is 0 Å². The number of anilines is 1. The summed E-state index contributed by atoms with van der Waals surface area (Å²) < 4.78 is 54.9. The molecule has 0 aliphatic heterocycles. The van der Waals surface area contributed by atoms with Crippen LogP contribution in [0, 0.1) is 11.6 Å². The summed E-state index contributed by atoms with van der Waals surface area (Å²) in [6.45, 7) is 1.67. The number of carbonyl (C=O) groups excluding carboxylic acids is 1. The Kier molecular flexibility index (Phi) is 6.15. The van der Waals surface area contributed by atoms with E-state index in [2.05, 4.69) is 14.7 Å². The largest absolute Gasteiger partial charge is 0.288 e. The predicted molar refractivity (Wildman–Crippen MR) is 122 cm³/mol. The molecule has 0 bridgehead atoms. The van der Waals surface area contributed by atoms with Crippen molar-refractivity contribution in [1.82, 2.24) is 9.97 Å². The number of halogens is 2. The number of hydrogen-bond acceptors (Lipinski definition) is 5. The van der Waals surface area contributed by atoms with E-state index in [1.54, 1.807) is 37.6 Å². The molecule has 168 valence electrons. The van der Waals surface area contributed by atoms with Crippen LogP contribution in [0.5, 0.6) is 0 Å². The molecule has 4 rings (SSSR count). The van der Waals surface area contributed by atoms with Crippen molar-refractivity contribution in [3.8, 4) is 11.1 Å². The summed E-state index contributed by atoms with van der Waals surface area (Å²) in [7, 11) is -3.75. The number of hydrogen-bond donors (Lipinski definition) is 1. The van der Waals surface area contributed by atoms with Gasteiger partial charge in [-0.1, -0.05) is 13.0 Å². The fourth-order valence-corrected chi connectivity index (χ4v) is 4.55. The van der Waals surface area contributed by atoms with Crippen molar-refractivity contribution in [2.24, 2.45) is 0 Å². The number of nitrogens with one attached hydrogen (secondary N) is 1. The minimum absolute atomic E-state index is 0.111. The van der Waals surface area contributed by atoms with E-state index in [1.165, 1.54) is 12.1 Å². The fraction of sp³-hybridized carbons (Fsp3) is 0.125. The van der Waals surface area contributed by atoms with Crippen molar-refractivity contribution >= 4 is 32.4 Å². The molecule has 0 saturated carbocycles. The first-order valence-electron chi connectivity index (χ1n) is 10.1. The minimum atomic E-state index is -3.75. The Labute approximate surface area is 189 Å². The van der Waals surface area contributed by atoms with Crippen LogP contribution in [0.2, 0.25) is 0 Å². The highest BCUT2D eigenvalue weighted by Gasteiger charge is 2.21. The fourth-order valence-electron chi connectivity index (χ4n) is 3.43. The Bertz CT molecular complexity index is 1460. The van der Waals surface area contributed by atoms with Crippen LogP contribution < -0.4 is 4.72 Å². The maximum atomic E-state index is 14.5. The van der Waals surface area contributed by atoms with E-state index >= 15 is 0 Å². The Morgan fingerprint density at radius 3 is 2.58 bits per heavy atom. The van der Waals surface area contributed by atoms with Gasteiger partial charge in [0.25, 0.3) is 0 Å². The van der Waals surface area contributed by atoms with Gasteiger partial charge in [0.2, 0.25) is 10.0 Å². The van der Waals surface area contributed by atoms with Crippen molar-refractivity contribution in [2.45, 2.75) is 13.3 Å². The maximum Gasteiger partial charge on any atom is 0.232 e. The zero-order valence-corrected chi connectivity index (χ0v) is 18.4. The number of sulfonamides is 1. The number of rotatable bonds is 7. The molecule has 9 heteroatoms. The molecule has 0 spiro atoms. The van der Waals surface area contributed by atoms with E-state index in [9.17, 15) is 22.0 Å². The summed E-state index contributed by atoms with van der Waals surface area (Å²) in [5.74, 6) is -3.64. The van der Waals surface area contributed by atoms with Crippen LogP contribution in [-0.4, -0.2) is 29.9 Å². The summed E-state index contributed by atoms with van der Waals surface area (Å²) >= 11 is 0. The van der Waals surface area contributed by atoms with E-state index in [0.29, 0.717) is 23.4 Å². The molecular formula is C24H19F2N3O3S. The molecule has 33 heavy (non-hydrogen) atoms. The predicted octanol–water partition coefficient (Wildman–Crippen LogP) is 4.96. The van der Waals surface area contributed by atoms with E-state index in [-0.39, 0.29) is 17.0 Å². The average molecular weight is 467 g/mol. The van der Waals surface area contributed by atoms with Gasteiger partial charge in [-0.05, 0) is 42.8 Å². The third-order valence-electron chi connectivity index (χ3n) is 4.96. The van der Waals surface area contributed by atoms with Crippen LogP contribution in [0.25, 0.3) is 22.0 Å². The second-order valence-electron chi connectivity index (χ2n) is 7.44. The second-order valence-corrected chi connectivity index (χ2v) is 9.28. The quantitative estimate of drug-likeness (QED) is 0.388. The summed E-state index contributed by atoms with van der Waals surface area (Å²) in [5.41, 5.74) is 1.56. The first-order chi connectivity index (χ1) is 15.8. The number of benzene rings is 2. The molecule has 0 fully saturated rings. The molecule has 0 unspecified atom stereocenters. The number of pyridine rings is 2. The number of nitrogens with zero attached hydrogens (tertiary/aromatic N) is 2. The summed E-state index contributed by atoms with van der Waals surface area (Å²) in [4.78, 5) is 21.5. The third kappa shape index (κ3) is 4.88. The van der Waals surface area contributed by atoms with Crippen molar-refractivity contribution < 1.29 is 22.0 Å². The van der Waals surface area contributed by atoms with Gasteiger partial charge in [-0.15, -0.1) is 0 Å². The van der Waals surface area contributed by atoms with Gasteiger partial charge in [-0.2, -0.15) is 0 Å². The minimum Gasteiger partial charge on any atom is -0.288 e. The topological polar surface area (TPSA) is 89.0 Å². The van der Waals surface area contributed by atoms with Crippen LogP contribution in [0.1, 0.15) is 29.3 Å². The van der Waals surface area contributed by atoms with Crippen molar-refractivity contribution in [3.05, 3.63) is 89.9 Å². The maximum absolute atomic E-state index is 14.5. The first kappa shape index (κ1) is 22.5. The van der Waals surface area contributed by atoms with Crippen LogP contribution in [0.4, 0.5) is 14.5 Å². The highest BCUT2D eigenvalue weighted by atomic mass is 32.2. The number of ketones is 1. The first-order valence-corrected chi connectivity index (χ1v) is 11.8. The SMILES string of the molecule is CCCS(=O)(=O)Nc1cc(F)c(F)c(C(=O)c2ccc3ncc(-c4cccnc4)cc3c2)c1. The molecule has 2 heterocycles. The lowest BCUT2D eigenvalue weighted by Crippen LogP contribution is -2.17. The summed E-state index contributed by atoms with van der Waals surface area (Å²) in [6, 6.07) is 11.8. The second kappa shape index (κ2) is 9.03. The lowest BCUT2D eigenvalue weighted by molar-refractivity contribution is 0.103. The zero-order chi connectivity index (χ0) is 23.6. The van der Waals surface area contributed by atoms with Gasteiger partial charge in [0, 0.05) is 46.7 Å². The highest BCUT2D eigenvalue weighted by molar-refractivity contribution is 7.92. The van der Waals surface area contributed by atoms with Crippen LogP contribution in [0.15, 0.2) is 67.1 Å². The molecule has 4 aromatic rings. The molecule has 0 radical (unpaired) electrons. The lowest BCUT2D eigenvalue weighted by atomic mass is 9.99. The van der Waals surface area contributed by atoms with Gasteiger partial charge in [-0.3, -0.25) is 19.5 Å². The molecule has 0 aliphatic rings. The Morgan fingerprint density at radius 1 is 1.03 bits per heavy atom. The number of carbonyl (C=O) groups is 1. The van der Waals surface area contributed by atoms with Gasteiger partial charge >= 0.3 is 0 Å². The molecular weight excluding hydrogens is 448 g/mol. The van der Waals surface area contributed by atoms with Crippen molar-refractivity contribution in [3.63, 3.8) is 0 Å². The molecule has 0 aliphatic carbocycles. The molecule has 2 aromatic carbocycles. The standard InChI is InChI=1S/C24H19F2N3O3S/c1-2-8-33(31,32)29-19-11-20(23(26)21(25)12-19)24(30)15-5-6-22-17(9-15)10-18(14-28-22)16-4-3-7-27-13-16/h3-7,9-14,29H,2,8H2,1H3. The molecule has 0 atom stereocenters. The Morgan fingerprint density at radius 2 is 1.85 bits per heavy atom. The zero-order valence-electron chi connectivity index (χ0n) is 17.5. The third-order valence-corrected chi connectivity index (χ3v) is 6.45. The molecule has 6 nitrogen and oxygen atoms in total. The summed E-state index contributed by atoms with van der Waals surface area (Å²) in [5, 5.41) is 0.628. The van der Waals surface area contributed by atoms with E-state index < -0.39 is 33.0 Å². The molecule has 0 saturated heterocycles. The van der Waals surface area contributed by atoms with Gasteiger partial charge < -0.3 is 0 Å². The number of fused-ring (bicyclic) bond motifs is 1. The molecule has 1 N–H and O–H groups in total. The number of aromatic nitrogens is 2.